The van der Waals surface area contributed by atoms with Crippen LogP contribution in [-0.2, 0) is 4.74 Å². The fourth-order valence-electron chi connectivity index (χ4n) is 0.778. The topological polar surface area (TPSA) is 57.9 Å². The predicted molar refractivity (Wildman–Crippen MR) is 52.2 cm³/mol. The minimum Gasteiger partial charge on any atom is -0.383 e. The summed E-state index contributed by atoms with van der Waals surface area (Å²) in [6.07, 6.45) is 0. The van der Waals surface area contributed by atoms with Gasteiger partial charge in [-0.3, -0.25) is 0 Å². The lowest BCUT2D eigenvalue weighted by atomic mass is 10.4. The van der Waals surface area contributed by atoms with Crippen LogP contribution in [0.4, 0.5) is 5.69 Å². The van der Waals surface area contributed by atoms with Crippen LogP contribution < -0.4 is 5.32 Å². The summed E-state index contributed by atoms with van der Waals surface area (Å²) in [6, 6.07) is 2.01. The quantitative estimate of drug-likeness (QED) is 0.781. The largest absolute Gasteiger partial charge is 0.383 e. The normalized spacial score (nSPS) is 9.62. The molecule has 1 aromatic heterocycles. The molecule has 0 atom stereocenters. The van der Waals surface area contributed by atoms with Crippen LogP contribution in [0.15, 0.2) is 0 Å². The molecule has 0 amide bonds. The van der Waals surface area contributed by atoms with Crippen LogP contribution in [0.2, 0.25) is 5.15 Å². The average Bonchev–Trinajstić information content (AvgIpc) is 2.48. The SMILES string of the molecule is COCCNc1c(Cl)nsc1C#N. The Morgan fingerprint density at radius 2 is 2.54 bits per heavy atom. The zero-order valence-electron chi connectivity index (χ0n) is 7.00. The number of ether oxygens (including phenoxy) is 1. The molecule has 0 unspecified atom stereocenters. The van der Waals surface area contributed by atoms with Gasteiger partial charge in [-0.15, -0.1) is 0 Å². The van der Waals surface area contributed by atoms with Crippen molar-refractivity contribution in [2.24, 2.45) is 0 Å². The van der Waals surface area contributed by atoms with Gasteiger partial charge in [-0.1, -0.05) is 11.6 Å². The van der Waals surface area contributed by atoms with Crippen molar-refractivity contribution in [2.75, 3.05) is 25.6 Å². The van der Waals surface area contributed by atoms with E-state index in [9.17, 15) is 0 Å². The Hall–Kier alpha value is -0.830. The number of aromatic nitrogens is 1. The molecule has 0 spiro atoms. The van der Waals surface area contributed by atoms with Crippen LogP contribution in [-0.4, -0.2) is 24.6 Å². The van der Waals surface area contributed by atoms with Crippen LogP contribution in [0.3, 0.4) is 0 Å². The number of anilines is 1. The van der Waals surface area contributed by atoms with Gasteiger partial charge in [0.2, 0.25) is 0 Å². The number of rotatable bonds is 4. The molecule has 0 saturated heterocycles. The van der Waals surface area contributed by atoms with Crippen LogP contribution >= 0.6 is 23.1 Å². The highest BCUT2D eigenvalue weighted by atomic mass is 35.5. The van der Waals surface area contributed by atoms with Crippen LogP contribution in [0.5, 0.6) is 0 Å². The molecule has 4 nitrogen and oxygen atoms in total. The maximum atomic E-state index is 8.68. The molecule has 0 radical (unpaired) electrons. The summed E-state index contributed by atoms with van der Waals surface area (Å²) < 4.78 is 8.70. The Morgan fingerprint density at radius 1 is 1.77 bits per heavy atom. The fraction of sp³-hybridized carbons (Fsp3) is 0.429. The highest BCUT2D eigenvalue weighted by Gasteiger charge is 2.10. The predicted octanol–water partition coefficient (Wildman–Crippen LogP) is 1.73. The Morgan fingerprint density at radius 3 is 3.15 bits per heavy atom. The van der Waals surface area contributed by atoms with E-state index in [2.05, 4.69) is 9.69 Å². The summed E-state index contributed by atoms with van der Waals surface area (Å²) in [4.78, 5) is 0.501. The van der Waals surface area contributed by atoms with Crippen LogP contribution in [0, 0.1) is 11.3 Å². The molecule has 1 rings (SSSR count). The van der Waals surface area contributed by atoms with Gasteiger partial charge in [-0.25, -0.2) is 0 Å². The third-order valence-electron chi connectivity index (χ3n) is 1.36. The molecule has 0 saturated carbocycles. The van der Waals surface area contributed by atoms with Gasteiger partial charge in [0.1, 0.15) is 16.6 Å². The molecule has 1 heterocycles. The van der Waals surface area contributed by atoms with Gasteiger partial charge in [0.15, 0.2) is 5.15 Å². The van der Waals surface area contributed by atoms with Gasteiger partial charge in [-0.2, -0.15) is 9.64 Å². The van der Waals surface area contributed by atoms with E-state index < -0.39 is 0 Å². The summed E-state index contributed by atoms with van der Waals surface area (Å²) in [5.74, 6) is 0. The Kier molecular flexibility index (Phi) is 3.96. The average molecular weight is 218 g/mol. The number of nitriles is 1. The van der Waals surface area contributed by atoms with E-state index >= 15 is 0 Å². The molecule has 0 aliphatic heterocycles. The molecule has 0 fully saturated rings. The first-order valence-electron chi connectivity index (χ1n) is 3.57. The second kappa shape index (κ2) is 5.02. The highest BCUT2D eigenvalue weighted by molar-refractivity contribution is 7.07. The van der Waals surface area contributed by atoms with E-state index in [-0.39, 0.29) is 0 Å². The number of halogens is 1. The van der Waals surface area contributed by atoms with Crippen molar-refractivity contribution in [1.29, 1.82) is 5.26 Å². The molecule has 0 aromatic carbocycles. The van der Waals surface area contributed by atoms with Crippen LogP contribution in [0.1, 0.15) is 4.88 Å². The van der Waals surface area contributed by atoms with E-state index in [1.54, 1.807) is 7.11 Å². The molecule has 0 aliphatic carbocycles. The fourth-order valence-corrected chi connectivity index (χ4v) is 1.66. The molecule has 1 aromatic rings. The summed E-state index contributed by atoms with van der Waals surface area (Å²) in [5.41, 5.74) is 0.603. The number of nitrogens with zero attached hydrogens (tertiary/aromatic N) is 2. The second-order valence-corrected chi connectivity index (χ2v) is 3.34. The first kappa shape index (κ1) is 10.3. The molecule has 0 bridgehead atoms. The van der Waals surface area contributed by atoms with Crippen molar-refractivity contribution in [2.45, 2.75) is 0 Å². The smallest absolute Gasteiger partial charge is 0.167 e. The number of methoxy groups -OCH3 is 1. The summed E-state index contributed by atoms with van der Waals surface area (Å²) >= 11 is 6.84. The molecule has 70 valence electrons. The standard InChI is InChI=1S/C7H8ClN3OS/c1-12-3-2-10-6-5(4-9)13-11-7(6)8/h10H,2-3H2,1H3. The Balaban J connectivity index is 2.64. The molecular formula is C7H8ClN3OS. The molecule has 13 heavy (non-hydrogen) atoms. The van der Waals surface area contributed by atoms with Crippen molar-refractivity contribution >= 4 is 28.8 Å². The number of hydrogen-bond donors (Lipinski definition) is 1. The summed E-state index contributed by atoms with van der Waals surface area (Å²) in [6.45, 7) is 1.18. The summed E-state index contributed by atoms with van der Waals surface area (Å²) in [7, 11) is 1.61. The van der Waals surface area contributed by atoms with E-state index in [0.29, 0.717) is 28.9 Å². The first-order valence-corrected chi connectivity index (χ1v) is 4.72. The minimum absolute atomic E-state index is 0.345. The molecule has 1 N–H and O–H groups in total. The third-order valence-corrected chi connectivity index (χ3v) is 2.49. The van der Waals surface area contributed by atoms with Crippen molar-refractivity contribution in [3.05, 3.63) is 10.0 Å². The second-order valence-electron chi connectivity index (χ2n) is 2.21. The van der Waals surface area contributed by atoms with Gasteiger partial charge in [-0.05, 0) is 11.5 Å². The van der Waals surface area contributed by atoms with Gasteiger partial charge >= 0.3 is 0 Å². The maximum Gasteiger partial charge on any atom is 0.167 e. The van der Waals surface area contributed by atoms with Crippen molar-refractivity contribution in [1.82, 2.24) is 4.37 Å². The van der Waals surface area contributed by atoms with E-state index in [1.165, 1.54) is 0 Å². The minimum atomic E-state index is 0.345. The molecule has 0 aliphatic rings. The third kappa shape index (κ3) is 2.56. The number of hydrogen-bond acceptors (Lipinski definition) is 5. The molecular weight excluding hydrogens is 210 g/mol. The maximum absolute atomic E-state index is 8.68. The monoisotopic (exact) mass is 217 g/mol. The lowest BCUT2D eigenvalue weighted by Gasteiger charge is -2.02. The van der Waals surface area contributed by atoms with Gasteiger partial charge in [0.25, 0.3) is 0 Å². The van der Waals surface area contributed by atoms with E-state index in [4.69, 9.17) is 21.6 Å². The van der Waals surface area contributed by atoms with Crippen LogP contribution in [0.25, 0.3) is 0 Å². The molecule has 6 heteroatoms. The van der Waals surface area contributed by atoms with Gasteiger partial charge in [0, 0.05) is 13.7 Å². The lowest BCUT2D eigenvalue weighted by molar-refractivity contribution is 0.211. The number of nitrogens with one attached hydrogen (secondary N) is 1. The lowest BCUT2D eigenvalue weighted by Crippen LogP contribution is -2.07. The summed E-state index contributed by atoms with van der Waals surface area (Å²) in [5, 5.41) is 12.0. The highest BCUT2D eigenvalue weighted by Crippen LogP contribution is 2.27. The van der Waals surface area contributed by atoms with E-state index in [1.807, 2.05) is 6.07 Å². The zero-order valence-corrected chi connectivity index (χ0v) is 8.58. The zero-order chi connectivity index (χ0) is 9.68. The van der Waals surface area contributed by atoms with Gasteiger partial charge < -0.3 is 10.1 Å². The Labute approximate surface area is 85.3 Å². The van der Waals surface area contributed by atoms with E-state index in [0.717, 1.165) is 11.5 Å². The van der Waals surface area contributed by atoms with Crippen molar-refractivity contribution in [3.63, 3.8) is 0 Å². The van der Waals surface area contributed by atoms with Crippen molar-refractivity contribution < 1.29 is 4.74 Å². The first-order chi connectivity index (χ1) is 6.29. The van der Waals surface area contributed by atoms with Crippen molar-refractivity contribution in [3.8, 4) is 6.07 Å². The Bertz CT molecular complexity index is 320. The van der Waals surface area contributed by atoms with Gasteiger partial charge in [0.05, 0.1) is 6.61 Å².